The molecule has 0 N–H and O–H groups in total. The van der Waals surface area contributed by atoms with E-state index in [1.54, 1.807) is 30.3 Å². The van der Waals surface area contributed by atoms with E-state index < -0.39 is 12.5 Å². The Kier molecular flexibility index (Phi) is 7.09. The van der Waals surface area contributed by atoms with E-state index in [9.17, 15) is 14.0 Å². The van der Waals surface area contributed by atoms with Crippen LogP contribution >= 0.6 is 11.6 Å². The van der Waals surface area contributed by atoms with Crippen LogP contribution in [0.3, 0.4) is 0 Å². The number of imidazole rings is 1. The molecule has 0 bridgehead atoms. The van der Waals surface area contributed by atoms with Crippen molar-refractivity contribution < 1.29 is 13.5 Å². The maximum absolute atomic E-state index is 14.2. The predicted molar refractivity (Wildman–Crippen MR) is 134 cm³/mol. The summed E-state index contributed by atoms with van der Waals surface area (Å²) in [6.45, 7) is 3.23. The Hall–Kier alpha value is -2.83. The van der Waals surface area contributed by atoms with Gasteiger partial charge in [0, 0.05) is 50.6 Å². The molecule has 1 saturated carbocycles. The van der Waals surface area contributed by atoms with Crippen LogP contribution in [0.4, 0.5) is 14.7 Å². The number of anilines is 1. The number of hydrogen-bond donors (Lipinski definition) is 0. The van der Waals surface area contributed by atoms with Crippen LogP contribution in [0.2, 0.25) is 5.02 Å². The second-order valence-corrected chi connectivity index (χ2v) is 10.5. The van der Waals surface area contributed by atoms with Gasteiger partial charge in [-0.25, -0.2) is 18.7 Å². The molecule has 3 aromatic rings. The van der Waals surface area contributed by atoms with Crippen LogP contribution in [0.25, 0.3) is 22.3 Å². The highest BCUT2D eigenvalue weighted by Crippen LogP contribution is 2.38. The first-order valence-electron chi connectivity index (χ1n) is 12.4. The van der Waals surface area contributed by atoms with Crippen molar-refractivity contribution in [1.29, 1.82) is 5.26 Å². The van der Waals surface area contributed by atoms with Crippen molar-refractivity contribution in [2.24, 2.45) is 11.8 Å². The first-order valence-corrected chi connectivity index (χ1v) is 12.8. The van der Waals surface area contributed by atoms with Crippen molar-refractivity contribution in [3.8, 4) is 17.3 Å². The number of pyridine rings is 2. The Morgan fingerprint density at radius 2 is 1.97 bits per heavy atom. The van der Waals surface area contributed by atoms with Gasteiger partial charge in [-0.3, -0.25) is 4.98 Å². The van der Waals surface area contributed by atoms with E-state index in [0.717, 1.165) is 25.7 Å². The fourth-order valence-corrected chi connectivity index (χ4v) is 5.75. The fraction of sp³-hybridized carbons (Fsp3) is 0.538. The molecule has 36 heavy (non-hydrogen) atoms. The molecule has 2 atom stereocenters. The number of fused-ring (bicyclic) bond motifs is 1. The molecule has 0 aromatic carbocycles. The van der Waals surface area contributed by atoms with Crippen LogP contribution in [0, 0.1) is 23.2 Å². The van der Waals surface area contributed by atoms with E-state index >= 15 is 0 Å². The van der Waals surface area contributed by atoms with Crippen LogP contribution in [0.5, 0.6) is 0 Å². The molecule has 2 fully saturated rings. The van der Waals surface area contributed by atoms with Gasteiger partial charge in [0.1, 0.15) is 11.8 Å². The number of aromatic nitrogens is 4. The van der Waals surface area contributed by atoms with E-state index in [1.807, 2.05) is 4.57 Å². The maximum Gasteiger partial charge on any atom is 0.258 e. The van der Waals surface area contributed by atoms with Crippen molar-refractivity contribution in [3.63, 3.8) is 0 Å². The van der Waals surface area contributed by atoms with Crippen molar-refractivity contribution in [3.05, 3.63) is 35.2 Å². The summed E-state index contributed by atoms with van der Waals surface area (Å²) in [5, 5.41) is 10.1. The Labute approximate surface area is 214 Å². The molecule has 1 aliphatic heterocycles. The molecule has 0 spiro atoms. The average Bonchev–Trinajstić information content (AvgIpc) is 3.46. The number of rotatable bonds is 6. The number of nitriles is 1. The highest BCUT2D eigenvalue weighted by molar-refractivity contribution is 6.30. The quantitative estimate of drug-likeness (QED) is 0.419. The smallest absolute Gasteiger partial charge is 0.258 e. The van der Waals surface area contributed by atoms with Crippen molar-refractivity contribution in [1.82, 2.24) is 19.5 Å². The SMILES string of the molecule is CO[C@@H]1C[C@@H](C(F)F)N(c2nc3cc(C#N)nc(-c4cncc(Cl)c4)c3n2CC2CCC(C)CC2)C1. The lowest BCUT2D eigenvalue weighted by atomic mass is 9.83. The molecule has 3 aromatic heterocycles. The van der Waals surface area contributed by atoms with E-state index in [-0.39, 0.29) is 18.2 Å². The maximum atomic E-state index is 14.2. The van der Waals surface area contributed by atoms with Gasteiger partial charge >= 0.3 is 0 Å². The summed E-state index contributed by atoms with van der Waals surface area (Å²) >= 11 is 6.24. The first kappa shape index (κ1) is 24.8. The standard InChI is InChI=1S/C26H29ClF2N6O/c1-15-3-5-16(6-4-15)13-35-24-21(33-26(35)34-14-20(36-2)9-22(34)25(28)29)8-19(10-30)32-23(24)17-7-18(27)12-31-11-17/h7-8,11-12,15-16,20,22,25H,3-6,9,13-14H2,1-2H3/t15?,16?,20-,22+/m1/s1. The molecule has 190 valence electrons. The summed E-state index contributed by atoms with van der Waals surface area (Å²) < 4.78 is 35.8. The van der Waals surface area contributed by atoms with Gasteiger partial charge in [0.25, 0.3) is 6.43 Å². The normalized spacial score (nSPS) is 24.5. The lowest BCUT2D eigenvalue weighted by molar-refractivity contribution is 0.0869. The van der Waals surface area contributed by atoms with Gasteiger partial charge in [-0.15, -0.1) is 0 Å². The van der Waals surface area contributed by atoms with Crippen LogP contribution in [0.1, 0.15) is 44.7 Å². The Bertz CT molecular complexity index is 1280. The number of alkyl halides is 2. The van der Waals surface area contributed by atoms with Crippen LogP contribution in [-0.4, -0.2) is 51.7 Å². The average molecular weight is 515 g/mol. The zero-order valence-corrected chi connectivity index (χ0v) is 21.1. The predicted octanol–water partition coefficient (Wildman–Crippen LogP) is 5.70. The number of hydrogen-bond acceptors (Lipinski definition) is 6. The second-order valence-electron chi connectivity index (χ2n) is 10.0. The molecule has 0 amide bonds. The van der Waals surface area contributed by atoms with Crippen LogP contribution < -0.4 is 4.90 Å². The Balaban J connectivity index is 1.71. The molecule has 1 saturated heterocycles. The number of halogens is 3. The second kappa shape index (κ2) is 10.3. The van der Waals surface area contributed by atoms with Crippen molar-refractivity contribution in [2.45, 2.75) is 64.1 Å². The fourth-order valence-electron chi connectivity index (χ4n) is 5.57. The molecule has 5 rings (SSSR count). The van der Waals surface area contributed by atoms with Crippen molar-refractivity contribution >= 4 is 28.6 Å². The van der Waals surface area contributed by atoms with Crippen molar-refractivity contribution in [2.75, 3.05) is 18.6 Å². The van der Waals surface area contributed by atoms with Gasteiger partial charge in [0.15, 0.2) is 0 Å². The third-order valence-electron chi connectivity index (χ3n) is 7.56. The van der Waals surface area contributed by atoms with E-state index in [2.05, 4.69) is 23.0 Å². The number of ether oxygens (including phenoxy) is 1. The van der Waals surface area contributed by atoms with Gasteiger partial charge in [-0.2, -0.15) is 5.26 Å². The molecular weight excluding hydrogens is 486 g/mol. The topological polar surface area (TPSA) is 79.9 Å². The summed E-state index contributed by atoms with van der Waals surface area (Å²) in [5.41, 5.74) is 2.63. The highest BCUT2D eigenvalue weighted by Gasteiger charge is 2.41. The molecule has 2 aliphatic rings. The zero-order chi connectivity index (χ0) is 25.4. The minimum Gasteiger partial charge on any atom is -0.380 e. The van der Waals surface area contributed by atoms with Gasteiger partial charge in [0.05, 0.1) is 33.9 Å². The van der Waals surface area contributed by atoms with Gasteiger partial charge in [-0.05, 0) is 30.7 Å². The van der Waals surface area contributed by atoms with Gasteiger partial charge in [0.2, 0.25) is 5.95 Å². The number of nitrogens with zero attached hydrogens (tertiary/aromatic N) is 6. The molecular formula is C26H29ClF2N6O. The lowest BCUT2D eigenvalue weighted by Gasteiger charge is -2.30. The summed E-state index contributed by atoms with van der Waals surface area (Å²) in [6, 6.07) is 4.47. The molecule has 4 heterocycles. The van der Waals surface area contributed by atoms with Gasteiger partial charge in [-0.1, -0.05) is 31.4 Å². The van der Waals surface area contributed by atoms with Crippen LogP contribution in [0.15, 0.2) is 24.5 Å². The lowest BCUT2D eigenvalue weighted by Crippen LogP contribution is -2.37. The van der Waals surface area contributed by atoms with E-state index in [1.165, 1.54) is 6.20 Å². The Morgan fingerprint density at radius 3 is 2.64 bits per heavy atom. The largest absolute Gasteiger partial charge is 0.380 e. The zero-order valence-electron chi connectivity index (χ0n) is 20.4. The molecule has 10 heteroatoms. The van der Waals surface area contributed by atoms with Gasteiger partial charge < -0.3 is 14.2 Å². The third-order valence-corrected chi connectivity index (χ3v) is 7.77. The molecule has 0 unspecified atom stereocenters. The summed E-state index contributed by atoms with van der Waals surface area (Å²) in [6.07, 6.45) is 4.97. The monoisotopic (exact) mass is 514 g/mol. The first-order chi connectivity index (χ1) is 17.4. The summed E-state index contributed by atoms with van der Waals surface area (Å²) in [7, 11) is 1.55. The molecule has 7 nitrogen and oxygen atoms in total. The highest BCUT2D eigenvalue weighted by atomic mass is 35.5. The Morgan fingerprint density at radius 1 is 1.19 bits per heavy atom. The van der Waals surface area contributed by atoms with E-state index in [4.69, 9.17) is 21.3 Å². The minimum absolute atomic E-state index is 0.196. The van der Waals surface area contributed by atoms with Crippen LogP contribution in [-0.2, 0) is 11.3 Å². The summed E-state index contributed by atoms with van der Waals surface area (Å²) in [5.74, 6) is 1.56. The minimum atomic E-state index is -2.54. The number of methoxy groups -OCH3 is 1. The molecule has 1 aliphatic carbocycles. The molecule has 0 radical (unpaired) electrons. The van der Waals surface area contributed by atoms with E-state index in [0.29, 0.717) is 58.2 Å². The third kappa shape index (κ3) is 4.76. The summed E-state index contributed by atoms with van der Waals surface area (Å²) in [4.78, 5) is 15.3.